The fourth-order valence-corrected chi connectivity index (χ4v) is 3.64. The number of methoxy groups -OCH3 is 1. The van der Waals surface area contributed by atoms with Crippen LogP contribution in [-0.4, -0.2) is 47.9 Å². The number of aryl methyl sites for hydroxylation is 1. The van der Waals surface area contributed by atoms with Crippen LogP contribution in [0.3, 0.4) is 0 Å². The number of carbonyl (C=O) groups excluding carboxylic acids is 3. The van der Waals surface area contributed by atoms with Crippen LogP contribution < -0.4 is 5.32 Å². The normalized spacial score (nSPS) is 12.9. The first-order chi connectivity index (χ1) is 12.4. The Kier molecular flexibility index (Phi) is 10.4. The second-order valence-corrected chi connectivity index (χ2v) is 8.18. The van der Waals surface area contributed by atoms with E-state index < -0.39 is 17.9 Å². The number of thioether (sulfide) groups is 2. The van der Waals surface area contributed by atoms with Crippen LogP contribution in [-0.2, 0) is 25.5 Å². The molecule has 0 fully saturated rings. The number of nitrogens with one attached hydrogen (secondary N) is 1. The zero-order chi connectivity index (χ0) is 19.5. The average Bonchev–Trinajstić information content (AvgIpc) is 2.62. The molecule has 1 aromatic carbocycles. The van der Waals surface area contributed by atoms with Gasteiger partial charge in [-0.25, -0.2) is 4.79 Å². The van der Waals surface area contributed by atoms with Gasteiger partial charge in [0.05, 0.1) is 13.0 Å². The lowest BCUT2D eigenvalue weighted by atomic mass is 9.96. The largest absolute Gasteiger partial charge is 0.467 e. The van der Waals surface area contributed by atoms with Gasteiger partial charge in [-0.05, 0) is 42.9 Å². The summed E-state index contributed by atoms with van der Waals surface area (Å²) in [6.07, 6.45) is 2.98. The highest BCUT2D eigenvalue weighted by atomic mass is 32.2. The van der Waals surface area contributed by atoms with E-state index in [1.54, 1.807) is 11.8 Å². The van der Waals surface area contributed by atoms with Gasteiger partial charge in [-0.15, -0.1) is 0 Å². The molecule has 0 aromatic heterocycles. The molecule has 2 atom stereocenters. The Morgan fingerprint density at radius 1 is 1.23 bits per heavy atom. The molecule has 0 aliphatic carbocycles. The SMILES string of the molecule is COC(=O)[C@H](CCSC)NC(=O)[C@H](CSC(C)=O)Cc1ccccc1C. The summed E-state index contributed by atoms with van der Waals surface area (Å²) in [5, 5.41) is 2.79. The highest BCUT2D eigenvalue weighted by Gasteiger charge is 2.26. The smallest absolute Gasteiger partial charge is 0.328 e. The van der Waals surface area contributed by atoms with Crippen LogP contribution in [0.25, 0.3) is 0 Å². The van der Waals surface area contributed by atoms with Crippen LogP contribution in [0.1, 0.15) is 24.5 Å². The lowest BCUT2D eigenvalue weighted by molar-refractivity contribution is -0.145. The van der Waals surface area contributed by atoms with Crippen LogP contribution in [0, 0.1) is 12.8 Å². The van der Waals surface area contributed by atoms with Crippen molar-refractivity contribution in [1.82, 2.24) is 5.32 Å². The maximum Gasteiger partial charge on any atom is 0.328 e. The van der Waals surface area contributed by atoms with Gasteiger partial charge in [-0.2, -0.15) is 11.8 Å². The van der Waals surface area contributed by atoms with E-state index in [-0.39, 0.29) is 11.0 Å². The summed E-state index contributed by atoms with van der Waals surface area (Å²) >= 11 is 2.74. The predicted octanol–water partition coefficient (Wildman–Crippen LogP) is 2.84. The first-order valence-electron chi connectivity index (χ1n) is 8.44. The van der Waals surface area contributed by atoms with E-state index in [0.717, 1.165) is 28.6 Å². The molecule has 26 heavy (non-hydrogen) atoms. The van der Waals surface area contributed by atoms with Crippen molar-refractivity contribution in [1.29, 1.82) is 0 Å². The summed E-state index contributed by atoms with van der Waals surface area (Å²) in [7, 11) is 1.32. The molecule has 1 aromatic rings. The molecule has 0 heterocycles. The Morgan fingerprint density at radius 2 is 1.92 bits per heavy atom. The summed E-state index contributed by atoms with van der Waals surface area (Å²) in [6, 6.07) is 7.21. The Hall–Kier alpha value is -1.47. The number of hydrogen-bond donors (Lipinski definition) is 1. The zero-order valence-electron chi connectivity index (χ0n) is 15.7. The van der Waals surface area contributed by atoms with Crippen molar-refractivity contribution in [2.75, 3.05) is 24.9 Å². The molecule has 1 N–H and O–H groups in total. The Labute approximate surface area is 164 Å². The number of carbonyl (C=O) groups is 3. The minimum Gasteiger partial charge on any atom is -0.467 e. The van der Waals surface area contributed by atoms with E-state index in [4.69, 9.17) is 4.74 Å². The lowest BCUT2D eigenvalue weighted by Crippen LogP contribution is -2.45. The fourth-order valence-electron chi connectivity index (χ4n) is 2.47. The summed E-state index contributed by atoms with van der Waals surface area (Å²) < 4.78 is 4.80. The van der Waals surface area contributed by atoms with Gasteiger partial charge in [0, 0.05) is 12.7 Å². The molecule has 7 heteroatoms. The van der Waals surface area contributed by atoms with Gasteiger partial charge in [0.25, 0.3) is 0 Å². The van der Waals surface area contributed by atoms with Crippen molar-refractivity contribution in [2.45, 2.75) is 32.7 Å². The van der Waals surface area contributed by atoms with Crippen molar-refractivity contribution in [3.63, 3.8) is 0 Å². The lowest BCUT2D eigenvalue weighted by Gasteiger charge is -2.21. The van der Waals surface area contributed by atoms with Gasteiger partial charge in [0.2, 0.25) is 5.91 Å². The molecule has 0 spiro atoms. The van der Waals surface area contributed by atoms with Crippen molar-refractivity contribution in [2.24, 2.45) is 5.92 Å². The van der Waals surface area contributed by atoms with E-state index in [1.165, 1.54) is 14.0 Å². The molecule has 0 saturated heterocycles. The number of amides is 1. The first-order valence-corrected chi connectivity index (χ1v) is 10.8. The van der Waals surface area contributed by atoms with Gasteiger partial charge in [-0.1, -0.05) is 36.0 Å². The van der Waals surface area contributed by atoms with Crippen LogP contribution in [0.2, 0.25) is 0 Å². The second-order valence-electron chi connectivity index (χ2n) is 6.00. The summed E-state index contributed by atoms with van der Waals surface area (Å²) in [5.74, 6) is 0.0580. The molecule has 0 unspecified atom stereocenters. The third-order valence-corrected chi connectivity index (χ3v) is 5.62. The second kappa shape index (κ2) is 12.0. The molecule has 0 aliphatic rings. The van der Waals surface area contributed by atoms with Gasteiger partial charge >= 0.3 is 5.97 Å². The van der Waals surface area contributed by atoms with Crippen LogP contribution in [0.4, 0.5) is 0 Å². The predicted molar refractivity (Wildman–Crippen MR) is 108 cm³/mol. The number of hydrogen-bond acceptors (Lipinski definition) is 6. The van der Waals surface area contributed by atoms with E-state index >= 15 is 0 Å². The van der Waals surface area contributed by atoms with Gasteiger partial charge in [0.15, 0.2) is 5.12 Å². The zero-order valence-corrected chi connectivity index (χ0v) is 17.4. The van der Waals surface area contributed by atoms with E-state index in [9.17, 15) is 14.4 Å². The summed E-state index contributed by atoms with van der Waals surface area (Å²) in [6.45, 7) is 3.49. The third kappa shape index (κ3) is 7.83. The van der Waals surface area contributed by atoms with Crippen molar-refractivity contribution in [3.05, 3.63) is 35.4 Å². The van der Waals surface area contributed by atoms with Crippen LogP contribution in [0.5, 0.6) is 0 Å². The average molecular weight is 398 g/mol. The van der Waals surface area contributed by atoms with Crippen LogP contribution in [0.15, 0.2) is 24.3 Å². The molecule has 0 saturated carbocycles. The number of benzene rings is 1. The topological polar surface area (TPSA) is 72.5 Å². The number of rotatable bonds is 10. The van der Waals surface area contributed by atoms with E-state index in [2.05, 4.69) is 5.32 Å². The molecule has 5 nitrogen and oxygen atoms in total. The monoisotopic (exact) mass is 397 g/mol. The Balaban J connectivity index is 2.89. The molecule has 0 aliphatic heterocycles. The third-order valence-electron chi connectivity index (χ3n) is 4.00. The minimum atomic E-state index is -0.665. The van der Waals surface area contributed by atoms with E-state index in [1.807, 2.05) is 37.4 Å². The summed E-state index contributed by atoms with van der Waals surface area (Å²) in [5.41, 5.74) is 2.17. The quantitative estimate of drug-likeness (QED) is 0.612. The molecule has 1 rings (SSSR count). The maximum atomic E-state index is 12.8. The number of esters is 1. The fraction of sp³-hybridized carbons (Fsp3) is 0.526. The Morgan fingerprint density at radius 3 is 2.50 bits per heavy atom. The van der Waals surface area contributed by atoms with Crippen molar-refractivity contribution in [3.8, 4) is 0 Å². The molecule has 1 amide bonds. The highest BCUT2D eigenvalue weighted by Crippen LogP contribution is 2.19. The molecule has 144 valence electrons. The molecule has 0 bridgehead atoms. The van der Waals surface area contributed by atoms with E-state index in [0.29, 0.717) is 18.6 Å². The minimum absolute atomic E-state index is 0.0283. The van der Waals surface area contributed by atoms with Gasteiger partial charge < -0.3 is 10.1 Å². The molecule has 0 radical (unpaired) electrons. The van der Waals surface area contributed by atoms with Gasteiger partial charge in [0.1, 0.15) is 6.04 Å². The Bertz CT molecular complexity index is 621. The maximum absolute atomic E-state index is 12.8. The highest BCUT2D eigenvalue weighted by molar-refractivity contribution is 8.13. The van der Waals surface area contributed by atoms with Crippen molar-refractivity contribution < 1.29 is 19.1 Å². The van der Waals surface area contributed by atoms with Crippen molar-refractivity contribution >= 4 is 40.5 Å². The molecular weight excluding hydrogens is 370 g/mol. The molecular formula is C19H27NO4S2. The summed E-state index contributed by atoms with van der Waals surface area (Å²) in [4.78, 5) is 36.1. The van der Waals surface area contributed by atoms with Gasteiger partial charge in [-0.3, -0.25) is 9.59 Å². The van der Waals surface area contributed by atoms with Crippen LogP contribution >= 0.6 is 23.5 Å². The number of ether oxygens (including phenoxy) is 1. The standard InChI is InChI=1S/C19H27NO4S2/c1-13-7-5-6-8-15(13)11-16(12-26-14(2)21)18(22)20-17(9-10-25-4)19(23)24-3/h5-8,16-17H,9-12H2,1-4H3,(H,20,22)/t16-,17-/m0/s1. The first kappa shape index (κ1) is 22.6.